The molecule has 0 spiro atoms. The summed E-state index contributed by atoms with van der Waals surface area (Å²) >= 11 is 1.59. The molecule has 1 saturated heterocycles. The van der Waals surface area contributed by atoms with Gasteiger partial charge in [-0.3, -0.25) is 19.3 Å². The van der Waals surface area contributed by atoms with Crippen LogP contribution >= 0.6 is 11.8 Å². The van der Waals surface area contributed by atoms with Crippen molar-refractivity contribution in [2.24, 2.45) is 17.8 Å². The Labute approximate surface area is 211 Å². The molecule has 3 aliphatic rings. The molecule has 0 aromatic carbocycles. The van der Waals surface area contributed by atoms with Crippen molar-refractivity contribution in [1.29, 1.82) is 0 Å². The van der Waals surface area contributed by atoms with E-state index < -0.39 is 45.6 Å². The normalized spacial score (nSPS) is 34.3. The zero-order valence-corrected chi connectivity index (χ0v) is 25.8. The van der Waals surface area contributed by atoms with Crippen LogP contribution in [0.3, 0.4) is 0 Å². The van der Waals surface area contributed by atoms with Crippen molar-refractivity contribution in [1.82, 2.24) is 4.90 Å². The average Bonchev–Trinajstić information content (AvgIpc) is 2.94. The summed E-state index contributed by atoms with van der Waals surface area (Å²) in [6, 6.07) is 0. The molecule has 1 aliphatic heterocycles. The first-order valence-corrected chi connectivity index (χ1v) is 19.4. The van der Waals surface area contributed by atoms with Crippen molar-refractivity contribution in [3.05, 3.63) is 12.2 Å². The zero-order valence-electron chi connectivity index (χ0n) is 23.0. The first-order chi connectivity index (χ1) is 15.2. The number of thioether (sulfide) groups is 1. The Morgan fingerprint density at radius 1 is 0.941 bits per heavy atom. The SMILES string of the molecule is CSC[C@]1(O[Si](C)(C)C(C)(C)C)[C@@H]2C=CC(=O)[C@@]1(O[Si](C)(C)C(C)(C)C)[C@H]1C(=O)N(C)C(=O)[C@@H]21. The fraction of sp³-hybridized carbons (Fsp3) is 0.800. The van der Waals surface area contributed by atoms with Crippen LogP contribution in [-0.4, -0.2) is 69.4 Å². The lowest BCUT2D eigenvalue weighted by atomic mass is 9.72. The molecule has 5 atom stereocenters. The summed E-state index contributed by atoms with van der Waals surface area (Å²) in [6.45, 7) is 21.4. The Morgan fingerprint density at radius 3 is 1.91 bits per heavy atom. The van der Waals surface area contributed by atoms with Gasteiger partial charge < -0.3 is 8.85 Å². The van der Waals surface area contributed by atoms with Crippen LogP contribution in [-0.2, 0) is 23.2 Å². The number of carbonyl (C=O) groups is 3. The van der Waals surface area contributed by atoms with E-state index in [1.54, 1.807) is 17.8 Å². The number of ketones is 1. The smallest absolute Gasteiger partial charge is 0.236 e. The van der Waals surface area contributed by atoms with Crippen molar-refractivity contribution >= 4 is 46.0 Å². The maximum absolute atomic E-state index is 14.2. The van der Waals surface area contributed by atoms with Gasteiger partial charge in [-0.25, -0.2) is 0 Å². The second-order valence-electron chi connectivity index (χ2n) is 13.3. The summed E-state index contributed by atoms with van der Waals surface area (Å²) in [5, 5.41) is -0.323. The fourth-order valence-electron chi connectivity index (χ4n) is 5.33. The third-order valence-corrected chi connectivity index (χ3v) is 18.9. The summed E-state index contributed by atoms with van der Waals surface area (Å²) < 4.78 is 14.4. The zero-order chi connectivity index (χ0) is 26.3. The fourth-order valence-corrected chi connectivity index (χ4v) is 9.42. The Hall–Kier alpha value is -0.746. The van der Waals surface area contributed by atoms with E-state index in [-0.39, 0.29) is 27.7 Å². The Morgan fingerprint density at radius 2 is 1.44 bits per heavy atom. The third-order valence-electron chi connectivity index (χ3n) is 9.21. The molecule has 192 valence electrons. The van der Waals surface area contributed by atoms with E-state index in [4.69, 9.17) is 8.85 Å². The van der Waals surface area contributed by atoms with Crippen LogP contribution in [0.4, 0.5) is 0 Å². The lowest BCUT2D eigenvalue weighted by Crippen LogP contribution is -2.73. The Kier molecular flexibility index (Phi) is 6.66. The first-order valence-electron chi connectivity index (χ1n) is 12.2. The highest BCUT2D eigenvalue weighted by molar-refractivity contribution is 7.98. The van der Waals surface area contributed by atoms with Crippen LogP contribution in [0.25, 0.3) is 0 Å². The van der Waals surface area contributed by atoms with Gasteiger partial charge in [0.25, 0.3) is 0 Å². The minimum Gasteiger partial charge on any atom is -0.406 e. The second kappa shape index (κ2) is 8.13. The Balaban J connectivity index is 2.39. The molecule has 0 N–H and O–H groups in total. The predicted molar refractivity (Wildman–Crippen MR) is 143 cm³/mol. The van der Waals surface area contributed by atoms with E-state index in [0.29, 0.717) is 5.75 Å². The molecule has 2 bridgehead atoms. The van der Waals surface area contributed by atoms with Gasteiger partial charge in [0, 0.05) is 18.7 Å². The maximum Gasteiger partial charge on any atom is 0.236 e. The molecule has 6 nitrogen and oxygen atoms in total. The largest absolute Gasteiger partial charge is 0.406 e. The number of hydrogen-bond donors (Lipinski definition) is 0. The molecule has 0 aromatic rings. The van der Waals surface area contributed by atoms with Crippen LogP contribution in [0.15, 0.2) is 12.2 Å². The number of amides is 2. The number of fused-ring (bicyclic) bond motifs is 5. The van der Waals surface area contributed by atoms with E-state index in [1.807, 2.05) is 12.3 Å². The summed E-state index contributed by atoms with van der Waals surface area (Å²) in [6.07, 6.45) is 5.39. The lowest BCUT2D eigenvalue weighted by molar-refractivity contribution is -0.169. The van der Waals surface area contributed by atoms with Gasteiger partial charge >= 0.3 is 0 Å². The van der Waals surface area contributed by atoms with Crippen molar-refractivity contribution in [3.63, 3.8) is 0 Å². The van der Waals surface area contributed by atoms with E-state index >= 15 is 0 Å². The van der Waals surface area contributed by atoms with Gasteiger partial charge in [0.1, 0.15) is 5.60 Å². The first kappa shape index (κ1) is 27.8. The van der Waals surface area contributed by atoms with Crippen molar-refractivity contribution in [2.75, 3.05) is 19.1 Å². The standard InChI is InChI=1S/C25H43NO5SSi2/c1-22(2,3)33(9,10)30-24(15-32-8)16-13-14-17(27)25(24,31-34(11,12)23(4,5)6)19-18(16)20(28)26(7)21(19)29/h13-14,16,18-19H,15H2,1-12H3/t16-,18+,19-,24+,25-/m1/s1. The van der Waals surface area contributed by atoms with Crippen molar-refractivity contribution in [2.45, 2.75) is 89.0 Å². The molecule has 1 saturated carbocycles. The van der Waals surface area contributed by atoms with E-state index in [1.165, 1.54) is 11.9 Å². The summed E-state index contributed by atoms with van der Waals surface area (Å²) in [5.41, 5.74) is -2.60. The van der Waals surface area contributed by atoms with Crippen molar-refractivity contribution in [3.8, 4) is 0 Å². The van der Waals surface area contributed by atoms with Gasteiger partial charge in [-0.15, -0.1) is 0 Å². The molecule has 1 heterocycles. The molecule has 0 aromatic heterocycles. The summed E-state index contributed by atoms with van der Waals surface area (Å²) in [7, 11) is -3.51. The van der Waals surface area contributed by atoms with E-state index in [0.717, 1.165) is 0 Å². The number of carbonyl (C=O) groups excluding carboxylic acids is 3. The highest BCUT2D eigenvalue weighted by Gasteiger charge is 2.81. The molecule has 2 amide bonds. The van der Waals surface area contributed by atoms with Gasteiger partial charge in [-0.05, 0) is 48.6 Å². The van der Waals surface area contributed by atoms with Crippen LogP contribution < -0.4 is 0 Å². The molecule has 2 aliphatic carbocycles. The van der Waals surface area contributed by atoms with E-state index in [9.17, 15) is 14.4 Å². The maximum atomic E-state index is 14.2. The number of nitrogens with zero attached hydrogens (tertiary/aromatic N) is 1. The number of imide groups is 1. The van der Waals surface area contributed by atoms with Crippen LogP contribution in [0.2, 0.25) is 36.3 Å². The third kappa shape index (κ3) is 3.59. The topological polar surface area (TPSA) is 72.9 Å². The van der Waals surface area contributed by atoms with Gasteiger partial charge in [0.2, 0.25) is 11.8 Å². The summed E-state index contributed by atoms with van der Waals surface area (Å²) in [5.74, 6) is -2.23. The van der Waals surface area contributed by atoms with Crippen LogP contribution in [0.5, 0.6) is 0 Å². The quantitative estimate of drug-likeness (QED) is 0.364. The average molecular weight is 526 g/mol. The van der Waals surface area contributed by atoms with Gasteiger partial charge in [0.15, 0.2) is 28.0 Å². The molecule has 0 unspecified atom stereocenters. The monoisotopic (exact) mass is 525 g/mol. The number of hydrogen-bond acceptors (Lipinski definition) is 6. The molecule has 34 heavy (non-hydrogen) atoms. The van der Waals surface area contributed by atoms with Crippen LogP contribution in [0.1, 0.15) is 41.5 Å². The summed E-state index contributed by atoms with van der Waals surface area (Å²) in [4.78, 5) is 42.5. The van der Waals surface area contributed by atoms with Crippen molar-refractivity contribution < 1.29 is 23.2 Å². The highest BCUT2D eigenvalue weighted by Crippen LogP contribution is 2.65. The van der Waals surface area contributed by atoms with Gasteiger partial charge in [-0.2, -0.15) is 11.8 Å². The minimum absolute atomic E-state index is 0.125. The molecule has 9 heteroatoms. The predicted octanol–water partition coefficient (Wildman–Crippen LogP) is 4.87. The van der Waals surface area contributed by atoms with Crippen LogP contribution in [0, 0.1) is 17.8 Å². The molecular weight excluding hydrogens is 483 g/mol. The van der Waals surface area contributed by atoms with Gasteiger partial charge in [0.05, 0.1) is 11.8 Å². The molecule has 0 radical (unpaired) electrons. The number of rotatable bonds is 6. The van der Waals surface area contributed by atoms with Gasteiger partial charge in [-0.1, -0.05) is 47.6 Å². The second-order valence-corrected chi connectivity index (χ2v) is 23.6. The Bertz CT molecular complexity index is 935. The van der Waals surface area contributed by atoms with E-state index in [2.05, 4.69) is 67.7 Å². The lowest BCUT2D eigenvalue weighted by Gasteiger charge is -2.57. The molecule has 3 rings (SSSR count). The number of likely N-dealkylation sites (tertiary alicyclic amines) is 1. The molecular formula is C25H43NO5SSi2. The highest BCUT2D eigenvalue weighted by atomic mass is 32.2. The minimum atomic E-state index is -2.58. The molecule has 2 fully saturated rings.